The van der Waals surface area contributed by atoms with Crippen LogP contribution in [0.1, 0.15) is 39.0 Å². The molecule has 1 aromatic rings. The summed E-state index contributed by atoms with van der Waals surface area (Å²) in [6.45, 7) is 7.09. The predicted octanol–water partition coefficient (Wildman–Crippen LogP) is 3.93. The zero-order chi connectivity index (χ0) is 20.3. The van der Waals surface area contributed by atoms with Crippen LogP contribution in [0.15, 0.2) is 34.2 Å². The number of ether oxygens (including phenoxy) is 2. The first-order valence-electron chi connectivity index (χ1n) is 10.9. The highest BCUT2D eigenvalue weighted by Gasteiger charge is 2.23. The Bertz CT molecular complexity index is 632. The molecule has 29 heavy (non-hydrogen) atoms. The number of aliphatic imine (C=N–C) groups is 1. The van der Waals surface area contributed by atoms with Gasteiger partial charge in [-0.05, 0) is 51.2 Å². The number of piperidine rings is 1. The minimum Gasteiger partial charge on any atom is -0.376 e. The molecule has 0 saturated carbocycles. The molecule has 1 aromatic carbocycles. The molecule has 2 heterocycles. The van der Waals surface area contributed by atoms with E-state index in [0.717, 1.165) is 63.8 Å². The number of rotatable bonds is 8. The molecule has 0 amide bonds. The highest BCUT2D eigenvalue weighted by atomic mass is 32.2. The van der Waals surface area contributed by atoms with Crippen LogP contribution in [0.5, 0.6) is 0 Å². The molecule has 2 fully saturated rings. The summed E-state index contributed by atoms with van der Waals surface area (Å²) in [5.74, 6) is 1.56. The van der Waals surface area contributed by atoms with Crippen LogP contribution in [-0.2, 0) is 9.47 Å². The van der Waals surface area contributed by atoms with Gasteiger partial charge in [0.2, 0.25) is 0 Å². The molecular weight excluding hydrogens is 389 g/mol. The second-order valence-corrected chi connectivity index (χ2v) is 8.66. The van der Waals surface area contributed by atoms with Gasteiger partial charge in [-0.3, -0.25) is 4.99 Å². The van der Waals surface area contributed by atoms with Gasteiger partial charge in [0.05, 0.1) is 25.4 Å². The summed E-state index contributed by atoms with van der Waals surface area (Å²) in [6, 6.07) is 6.90. The Morgan fingerprint density at radius 1 is 1.28 bits per heavy atom. The Morgan fingerprint density at radius 3 is 2.83 bits per heavy atom. The molecule has 1 N–H and O–H groups in total. The first-order chi connectivity index (χ1) is 14.3. The maximum atomic E-state index is 13.7. The van der Waals surface area contributed by atoms with Crippen molar-refractivity contribution in [2.24, 2.45) is 4.99 Å². The van der Waals surface area contributed by atoms with Crippen molar-refractivity contribution in [3.63, 3.8) is 0 Å². The van der Waals surface area contributed by atoms with Crippen molar-refractivity contribution in [1.82, 2.24) is 10.2 Å². The summed E-state index contributed by atoms with van der Waals surface area (Å²) in [5, 5.41) is 3.39. The highest BCUT2D eigenvalue weighted by Crippen LogP contribution is 2.21. The average Bonchev–Trinajstić information content (AvgIpc) is 2.77. The summed E-state index contributed by atoms with van der Waals surface area (Å²) in [6.07, 6.45) is 6.19. The summed E-state index contributed by atoms with van der Waals surface area (Å²) in [4.78, 5) is 7.76. The van der Waals surface area contributed by atoms with Crippen LogP contribution in [0.25, 0.3) is 0 Å². The van der Waals surface area contributed by atoms with E-state index in [1.54, 1.807) is 6.07 Å². The number of guanidine groups is 1. The number of hydrogen-bond donors (Lipinski definition) is 1. The van der Waals surface area contributed by atoms with Crippen LogP contribution < -0.4 is 5.32 Å². The maximum absolute atomic E-state index is 13.7. The van der Waals surface area contributed by atoms with Gasteiger partial charge in [0.25, 0.3) is 0 Å². The minimum atomic E-state index is -0.158. The van der Waals surface area contributed by atoms with Crippen LogP contribution >= 0.6 is 11.8 Å². The first kappa shape index (κ1) is 22.4. The Balaban J connectivity index is 1.39. The summed E-state index contributed by atoms with van der Waals surface area (Å²) >= 11 is 1.51. The molecule has 0 aliphatic carbocycles. The summed E-state index contributed by atoms with van der Waals surface area (Å²) in [5.41, 5.74) is 0. The van der Waals surface area contributed by atoms with Crippen LogP contribution in [0.2, 0.25) is 0 Å². The van der Waals surface area contributed by atoms with Gasteiger partial charge in [-0.1, -0.05) is 12.1 Å². The largest absolute Gasteiger partial charge is 0.376 e. The van der Waals surface area contributed by atoms with E-state index < -0.39 is 0 Å². The Hall–Kier alpha value is -1.31. The van der Waals surface area contributed by atoms with Crippen molar-refractivity contribution < 1.29 is 13.9 Å². The predicted molar refractivity (Wildman–Crippen MR) is 117 cm³/mol. The smallest absolute Gasteiger partial charge is 0.193 e. The van der Waals surface area contributed by atoms with Gasteiger partial charge in [-0.15, -0.1) is 11.8 Å². The van der Waals surface area contributed by atoms with E-state index in [-0.39, 0.29) is 11.9 Å². The van der Waals surface area contributed by atoms with E-state index >= 15 is 0 Å². The van der Waals surface area contributed by atoms with Gasteiger partial charge >= 0.3 is 0 Å². The van der Waals surface area contributed by atoms with Gasteiger partial charge in [0.15, 0.2) is 5.96 Å². The second kappa shape index (κ2) is 12.4. The van der Waals surface area contributed by atoms with E-state index in [1.807, 2.05) is 12.1 Å². The summed E-state index contributed by atoms with van der Waals surface area (Å²) < 4.78 is 25.6. The van der Waals surface area contributed by atoms with Gasteiger partial charge in [-0.25, -0.2) is 4.39 Å². The van der Waals surface area contributed by atoms with Crippen LogP contribution in [0.3, 0.4) is 0 Å². The standard InChI is InChI=1S/C22H34FN3O2S/c1-2-24-22(25-12-16-29-21-9-4-3-8-20(21)23)26-13-10-18(11-14-26)28-17-19-7-5-6-15-27-19/h3-4,8-9,18-19H,2,5-7,10-17H2,1H3,(H,24,25). The normalized spacial score (nSPS) is 21.4. The van der Waals surface area contributed by atoms with E-state index in [0.29, 0.717) is 17.5 Å². The molecular formula is C22H34FN3O2S. The quantitative estimate of drug-likeness (QED) is 0.297. The molecule has 1 unspecified atom stereocenters. The fourth-order valence-corrected chi connectivity index (χ4v) is 4.49. The lowest BCUT2D eigenvalue weighted by Crippen LogP contribution is -2.47. The van der Waals surface area contributed by atoms with Crippen molar-refractivity contribution in [2.75, 3.05) is 45.1 Å². The van der Waals surface area contributed by atoms with Crippen LogP contribution in [0.4, 0.5) is 4.39 Å². The van der Waals surface area contributed by atoms with Crippen LogP contribution in [-0.4, -0.2) is 68.2 Å². The fourth-order valence-electron chi connectivity index (χ4n) is 3.71. The molecule has 1 atom stereocenters. The molecule has 0 bridgehead atoms. The molecule has 2 aliphatic rings. The van der Waals surface area contributed by atoms with Crippen molar-refractivity contribution >= 4 is 17.7 Å². The number of thioether (sulfide) groups is 1. The van der Waals surface area contributed by atoms with E-state index in [2.05, 4.69) is 17.1 Å². The van der Waals surface area contributed by atoms with Crippen LogP contribution in [0, 0.1) is 5.82 Å². The van der Waals surface area contributed by atoms with Gasteiger partial charge in [0.1, 0.15) is 5.82 Å². The SMILES string of the molecule is CCNC(=NCCSc1ccccc1F)N1CCC(OCC2CCCCO2)CC1. The van der Waals surface area contributed by atoms with Gasteiger partial charge in [0, 0.05) is 36.9 Å². The number of halogens is 1. The van der Waals surface area contributed by atoms with Crippen molar-refractivity contribution in [3.8, 4) is 0 Å². The summed E-state index contributed by atoms with van der Waals surface area (Å²) in [7, 11) is 0. The number of nitrogens with one attached hydrogen (secondary N) is 1. The van der Waals surface area contributed by atoms with E-state index in [4.69, 9.17) is 14.5 Å². The maximum Gasteiger partial charge on any atom is 0.193 e. The second-order valence-electron chi connectivity index (χ2n) is 7.52. The lowest BCUT2D eigenvalue weighted by atomic mass is 10.1. The fraction of sp³-hybridized carbons (Fsp3) is 0.682. The molecule has 7 heteroatoms. The zero-order valence-corrected chi connectivity index (χ0v) is 18.3. The molecule has 0 radical (unpaired) electrons. The molecule has 5 nitrogen and oxygen atoms in total. The van der Waals surface area contributed by atoms with E-state index in [9.17, 15) is 4.39 Å². The Kier molecular flexibility index (Phi) is 9.57. The van der Waals surface area contributed by atoms with Gasteiger partial charge in [-0.2, -0.15) is 0 Å². The third-order valence-corrected chi connectivity index (χ3v) is 6.34. The highest BCUT2D eigenvalue weighted by molar-refractivity contribution is 7.99. The third-order valence-electron chi connectivity index (χ3n) is 5.32. The number of nitrogens with zero attached hydrogens (tertiary/aromatic N) is 2. The Labute approximate surface area is 178 Å². The zero-order valence-electron chi connectivity index (χ0n) is 17.4. The molecule has 0 aromatic heterocycles. The Morgan fingerprint density at radius 2 is 2.10 bits per heavy atom. The number of benzene rings is 1. The molecule has 0 spiro atoms. The monoisotopic (exact) mass is 423 g/mol. The molecule has 2 saturated heterocycles. The lowest BCUT2D eigenvalue weighted by molar-refractivity contribution is -0.0721. The van der Waals surface area contributed by atoms with Crippen molar-refractivity contribution in [1.29, 1.82) is 0 Å². The van der Waals surface area contributed by atoms with E-state index in [1.165, 1.54) is 30.7 Å². The molecule has 2 aliphatic heterocycles. The third kappa shape index (κ3) is 7.46. The minimum absolute atomic E-state index is 0.158. The van der Waals surface area contributed by atoms with Crippen molar-refractivity contribution in [3.05, 3.63) is 30.1 Å². The first-order valence-corrected chi connectivity index (χ1v) is 11.9. The number of likely N-dealkylation sites (tertiary alicyclic amines) is 1. The van der Waals surface area contributed by atoms with Crippen molar-refractivity contribution in [2.45, 2.75) is 56.1 Å². The lowest BCUT2D eigenvalue weighted by Gasteiger charge is -2.35. The number of hydrogen-bond acceptors (Lipinski definition) is 4. The molecule has 3 rings (SSSR count). The van der Waals surface area contributed by atoms with Gasteiger partial charge < -0.3 is 19.7 Å². The average molecular weight is 424 g/mol. The molecule has 162 valence electrons. The topological polar surface area (TPSA) is 46.1 Å².